The number of rotatable bonds is 23. The summed E-state index contributed by atoms with van der Waals surface area (Å²) in [6, 6.07) is -1.22. The van der Waals surface area contributed by atoms with E-state index in [2.05, 4.69) is 76.5 Å². The van der Waals surface area contributed by atoms with E-state index in [9.17, 15) is 39.6 Å². The molecule has 12 aliphatic heterocycles. The Morgan fingerprint density at radius 1 is 0.470 bits per heavy atom. The van der Waals surface area contributed by atoms with E-state index in [-0.39, 0.29) is 99.8 Å². The number of allylic oxidation sites excluding steroid dienone is 4. The molecule has 0 aromatic carbocycles. The van der Waals surface area contributed by atoms with Crippen LogP contribution >= 0.6 is 0 Å². The number of carbonyl (C=O) groups is 4. The first kappa shape index (κ1) is 104. The van der Waals surface area contributed by atoms with Gasteiger partial charge in [-0.25, -0.2) is 9.59 Å². The van der Waals surface area contributed by atoms with E-state index >= 15 is 0 Å². The van der Waals surface area contributed by atoms with Gasteiger partial charge in [0.2, 0.25) is 0 Å². The van der Waals surface area contributed by atoms with Crippen molar-refractivity contribution in [1.82, 2.24) is 10.6 Å². The minimum absolute atomic E-state index is 0.0141. The largest absolute Gasteiger partial charge is 0.462 e. The molecule has 134 heavy (non-hydrogen) atoms. The molecule has 32 heteroatoms. The number of amides is 2. The van der Waals surface area contributed by atoms with Gasteiger partial charge < -0.3 is 135 Å². The topological polar surface area (TPSA) is 376 Å². The first-order chi connectivity index (χ1) is 63.9. The average Bonchev–Trinajstić information content (AvgIpc) is 1.55. The number of carbonyl (C=O) groups excluding carboxylic acids is 4. The first-order valence-electron chi connectivity index (χ1n) is 49.2. The van der Waals surface area contributed by atoms with Gasteiger partial charge in [-0.2, -0.15) is 0 Å². The van der Waals surface area contributed by atoms with Crippen LogP contribution in [0.15, 0.2) is 119 Å². The van der Waals surface area contributed by atoms with Crippen molar-refractivity contribution in [2.24, 2.45) is 47.3 Å². The Hall–Kier alpha value is -6.00. The maximum atomic E-state index is 14.6. The Morgan fingerprint density at radius 3 is 1.21 bits per heavy atom. The van der Waals surface area contributed by atoms with Crippen molar-refractivity contribution in [3.8, 4) is 0 Å². The molecule has 6 N–H and O–H groups in total. The second kappa shape index (κ2) is 44.9. The van der Waals surface area contributed by atoms with E-state index in [1.807, 2.05) is 91.8 Å². The average molecular weight is 1890 g/mol. The SMILES string of the molecule is CC[C@H](C)[C@H]1O[C@]2(C=C[C@@H]1C)CC1C[C@@H](C/C=C(\C)[C@@H](O[C@H]3C[C@H](OC)[C@@H](O[C@H]4C[C@H](OC)[C@H](NC(=O)OCCCCOC(=O)N[C@@H]5[C@H](C)O[C@@H](OC6[C@H](C)O[C@@H](OC7/C(C)=C/C[C@@H]8C[C@@H](C[C@]9(C=C[C@H](C)[C@@H]([C@@H](C)CC)O9)O8)OC(=O)[C@@H]8C=C(C)[C@@H](O)[C@H]9OC/C(=C\C=C\[C@@H]7C)[C@]98O)C[C@@H]6OC)C[C@@H]5OC)[C@H](C)O4)[C@H](C)O3)[C@@H](C)/C=C/C=C3\CO[C@@H]4[C@H](O)C(C)=C[C@@H](C(=O)O1)[C@]34O)O2. The minimum atomic E-state index is -1.90. The molecule has 0 saturated carbocycles. The number of hydrogen-bond acceptors (Lipinski definition) is 30. The van der Waals surface area contributed by atoms with E-state index < -0.39 is 218 Å². The summed E-state index contributed by atoms with van der Waals surface area (Å²) in [5, 5.41) is 54.1. The number of fused-ring (bicyclic) bond motifs is 4. The predicted octanol–water partition coefficient (Wildman–Crippen LogP) is 12.0. The zero-order valence-corrected chi connectivity index (χ0v) is 82.0. The number of alkyl carbamates (subject to hydrolysis) is 2. The molecule has 0 aromatic rings. The Balaban J connectivity index is 0.534. The Labute approximate surface area is 790 Å². The molecule has 8 saturated heterocycles. The second-order valence-corrected chi connectivity index (χ2v) is 40.2. The lowest BCUT2D eigenvalue weighted by molar-refractivity contribution is -0.311. The van der Waals surface area contributed by atoms with Gasteiger partial charge in [-0.1, -0.05) is 141 Å². The first-order valence-corrected chi connectivity index (χ1v) is 49.2. The lowest BCUT2D eigenvalue weighted by atomic mass is 9.71. The van der Waals surface area contributed by atoms with Crippen LogP contribution in [0.2, 0.25) is 0 Å². The normalized spacial score (nSPS) is 46.3. The van der Waals surface area contributed by atoms with Gasteiger partial charge in [-0.3, -0.25) is 9.59 Å². The predicted molar refractivity (Wildman–Crippen MR) is 488 cm³/mol. The fraction of sp³-hybridized carbons (Fsp3) is 0.765. The molecule has 0 radical (unpaired) electrons. The zero-order chi connectivity index (χ0) is 96.2. The summed E-state index contributed by atoms with van der Waals surface area (Å²) < 4.78 is 143. The van der Waals surface area contributed by atoms with E-state index in [1.54, 1.807) is 66.6 Å². The molecular weight excluding hydrogens is 1730 g/mol. The highest BCUT2D eigenvalue weighted by atomic mass is 16.8. The van der Waals surface area contributed by atoms with Crippen LogP contribution in [0.5, 0.6) is 0 Å². The van der Waals surface area contributed by atoms with E-state index in [0.717, 1.165) is 24.0 Å². The summed E-state index contributed by atoms with van der Waals surface area (Å²) in [5.41, 5.74) is -0.0911. The van der Waals surface area contributed by atoms with Gasteiger partial charge in [0.25, 0.3) is 0 Å². The molecule has 32 nitrogen and oxygen atoms in total. The standard InChI is InChI=1S/C102H152N2O30/c1-21-53(3)89-59(9)35-37-99(133-89)49-71-43-69(131-99)33-31-57(7)87(55(5)27-25-29-67-51-119-93-85(105)61(11)41-73(95(107)125-71)101(67,93)111)127-81-47-77(115-19)91(65(15)123-81)129-79-45-75(113-17)83(63(13)121-79)103-97(109)117-39-23-24-40-118-98(110)104-84-64(14)122-80(46-76(84)114-18)130-92-66(16)124-82(48-78(92)116-20)128-88-56(6)28-26-30-68-52-120-94-86(106)62(12)42-74(102(68,94)112)96(108)126-72-44-70(34-32-58(88)8)132-100(50-72)38-36-60(10)90(134-100)54(4)22-2/h25-32,35-38,41-42,53-56,59-60,63-66,69-94,105-106,111-112H,21-24,33-34,39-40,43-52H2,1-20H3,(H,103,109)(H,104,110)/b27-25+,28-26+,57-31+,58-32+,67-29+,68-30+/t53-,54-,55-,56-,59-,60-,63-,64-,65-,66-,69+,70+,71-,72?,73-,74-,75-,76-,77-,78-,79-,80-,81-,82-,83+,84+,85+,86+,87?,88-,89+,90+,91?,92-,93+,94+,99+,100+,101+,102+/m0/s1. The summed E-state index contributed by atoms with van der Waals surface area (Å²) >= 11 is 0. The molecule has 14 aliphatic rings. The Morgan fingerprint density at radius 2 is 0.836 bits per heavy atom. The molecule has 12 heterocycles. The monoisotopic (exact) mass is 1890 g/mol. The highest BCUT2D eigenvalue weighted by Crippen LogP contribution is 2.51. The molecule has 2 spiro atoms. The number of ether oxygens (including phenoxy) is 22. The molecule has 3 unspecified atom stereocenters. The van der Waals surface area contributed by atoms with Crippen LogP contribution in [0.25, 0.3) is 0 Å². The lowest BCUT2D eigenvalue weighted by Gasteiger charge is -2.48. The van der Waals surface area contributed by atoms with Crippen LogP contribution in [0.4, 0.5) is 9.59 Å². The summed E-state index contributed by atoms with van der Waals surface area (Å²) in [7, 11) is 6.38. The summed E-state index contributed by atoms with van der Waals surface area (Å²) in [5.74, 6) is -5.77. The third kappa shape index (κ3) is 22.9. The second-order valence-electron chi connectivity index (χ2n) is 40.2. The molecular formula is C102H152N2O30. The van der Waals surface area contributed by atoms with Gasteiger partial charge in [0.1, 0.15) is 71.9 Å². The fourth-order valence-corrected chi connectivity index (χ4v) is 22.5. The quantitative estimate of drug-likeness (QED) is 0.0239. The summed E-state index contributed by atoms with van der Waals surface area (Å²) in [6.07, 6.45) is 14.5. The van der Waals surface area contributed by atoms with E-state index in [0.29, 0.717) is 73.7 Å². The summed E-state index contributed by atoms with van der Waals surface area (Å²) in [6.45, 7) is 32.0. The van der Waals surface area contributed by atoms with Gasteiger partial charge in [0.05, 0.1) is 124 Å². The number of aliphatic hydroxyl groups excluding tert-OH is 2. The van der Waals surface area contributed by atoms with Crippen LogP contribution in [-0.2, 0) is 114 Å². The van der Waals surface area contributed by atoms with Crippen LogP contribution < -0.4 is 10.6 Å². The molecule has 2 aliphatic carbocycles. The number of esters is 2. The smallest absolute Gasteiger partial charge is 0.407 e. The van der Waals surface area contributed by atoms with Crippen molar-refractivity contribution in [2.45, 2.75) is 395 Å². The number of unbranched alkanes of at least 4 members (excludes halogenated alkanes) is 1. The van der Waals surface area contributed by atoms with Crippen LogP contribution in [0.1, 0.15) is 201 Å². The van der Waals surface area contributed by atoms with Crippen LogP contribution in [0, 0.1) is 47.3 Å². The number of hydrogen-bond donors (Lipinski definition) is 6. The van der Waals surface area contributed by atoms with Crippen LogP contribution in [0.3, 0.4) is 0 Å². The molecule has 0 aromatic heterocycles. The fourth-order valence-electron chi connectivity index (χ4n) is 22.5. The third-order valence-corrected chi connectivity index (χ3v) is 30.7. The molecule has 14 rings (SSSR count). The highest BCUT2D eigenvalue weighted by molar-refractivity contribution is 5.79. The van der Waals surface area contributed by atoms with Crippen molar-refractivity contribution in [1.29, 1.82) is 0 Å². The van der Waals surface area contributed by atoms with Gasteiger partial charge in [0, 0.05) is 103 Å². The highest BCUT2D eigenvalue weighted by Gasteiger charge is 2.63. The molecule has 750 valence electrons. The van der Waals surface area contributed by atoms with E-state index in [4.69, 9.17) is 104 Å². The maximum absolute atomic E-state index is 14.6. The Kier molecular flexibility index (Phi) is 34.8. The molecule has 40 atom stereocenters. The van der Waals surface area contributed by atoms with Crippen molar-refractivity contribution in [2.75, 3.05) is 54.9 Å². The number of nitrogens with one attached hydrogen (secondary N) is 2. The molecule has 4 bridgehead atoms. The minimum Gasteiger partial charge on any atom is -0.462 e. The van der Waals surface area contributed by atoms with Crippen LogP contribution in [-0.4, -0.2) is 294 Å². The van der Waals surface area contributed by atoms with Crippen molar-refractivity contribution >= 4 is 24.1 Å². The number of methoxy groups -OCH3 is 4. The third-order valence-electron chi connectivity index (χ3n) is 30.7. The van der Waals surface area contributed by atoms with E-state index in [1.165, 1.54) is 0 Å². The van der Waals surface area contributed by atoms with Gasteiger partial charge >= 0.3 is 24.1 Å². The lowest BCUT2D eigenvalue weighted by Crippen LogP contribution is -2.59. The van der Waals surface area contributed by atoms with Gasteiger partial charge in [-0.15, -0.1) is 0 Å². The van der Waals surface area contributed by atoms with Crippen molar-refractivity contribution < 1.29 is 144 Å². The molecule has 8 fully saturated rings. The Bertz CT molecular complexity index is 4070. The van der Waals surface area contributed by atoms with Crippen molar-refractivity contribution in [3.63, 3.8) is 0 Å². The van der Waals surface area contributed by atoms with Gasteiger partial charge in [-0.05, 0) is 138 Å². The molecule has 2 amide bonds. The number of aliphatic hydroxyl groups is 4. The van der Waals surface area contributed by atoms with Gasteiger partial charge in [0.15, 0.2) is 36.7 Å². The summed E-state index contributed by atoms with van der Waals surface area (Å²) in [4.78, 5) is 56.1. The van der Waals surface area contributed by atoms with Crippen molar-refractivity contribution in [3.05, 3.63) is 119 Å². The maximum Gasteiger partial charge on any atom is 0.407 e. The zero-order valence-electron chi connectivity index (χ0n) is 82.0.